The Labute approximate surface area is 114 Å². The predicted octanol–water partition coefficient (Wildman–Crippen LogP) is 1.15. The summed E-state index contributed by atoms with van der Waals surface area (Å²) < 4.78 is 28.3. The van der Waals surface area contributed by atoms with E-state index in [0.717, 1.165) is 12.2 Å². The molecule has 2 heterocycles. The van der Waals surface area contributed by atoms with Crippen LogP contribution >= 0.6 is 0 Å². The van der Waals surface area contributed by atoms with Gasteiger partial charge in [0.15, 0.2) is 9.84 Å². The molecule has 0 aromatic carbocycles. The van der Waals surface area contributed by atoms with Gasteiger partial charge in [-0.15, -0.1) is 0 Å². The van der Waals surface area contributed by atoms with Gasteiger partial charge < -0.3 is 10.1 Å². The molecule has 1 aliphatic heterocycles. The molecule has 2 rings (SSSR count). The van der Waals surface area contributed by atoms with Gasteiger partial charge in [-0.1, -0.05) is 13.8 Å². The summed E-state index contributed by atoms with van der Waals surface area (Å²) >= 11 is 0. The van der Waals surface area contributed by atoms with Crippen molar-refractivity contribution in [3.63, 3.8) is 0 Å². The molecular weight excluding hydrogens is 264 g/mol. The second-order valence-electron chi connectivity index (χ2n) is 5.16. The van der Waals surface area contributed by atoms with Crippen molar-refractivity contribution in [2.75, 3.05) is 11.5 Å². The molecule has 0 aliphatic carbocycles. The van der Waals surface area contributed by atoms with E-state index in [1.54, 1.807) is 6.20 Å². The smallest absolute Gasteiger partial charge is 0.154 e. The third-order valence-corrected chi connectivity index (χ3v) is 4.72. The summed E-state index contributed by atoms with van der Waals surface area (Å²) in [4.78, 5) is 4.29. The van der Waals surface area contributed by atoms with Crippen molar-refractivity contribution in [2.45, 2.75) is 39.0 Å². The predicted molar refractivity (Wildman–Crippen MR) is 73.9 cm³/mol. The first-order valence-corrected chi connectivity index (χ1v) is 8.32. The highest BCUT2D eigenvalue weighted by Crippen LogP contribution is 2.19. The van der Waals surface area contributed by atoms with E-state index in [1.165, 1.54) is 0 Å². The van der Waals surface area contributed by atoms with Crippen LogP contribution in [-0.2, 0) is 16.4 Å². The summed E-state index contributed by atoms with van der Waals surface area (Å²) in [6, 6.07) is 4.16. The number of rotatable bonds is 5. The maximum Gasteiger partial charge on any atom is 0.154 e. The molecular formula is C13H20N2O3S. The van der Waals surface area contributed by atoms with E-state index in [-0.39, 0.29) is 17.6 Å². The summed E-state index contributed by atoms with van der Waals surface area (Å²) in [5, 5.41) is 3.28. The molecule has 1 aromatic heterocycles. The van der Waals surface area contributed by atoms with E-state index in [4.69, 9.17) is 4.74 Å². The number of nitrogens with zero attached hydrogens (tertiary/aromatic N) is 1. The first-order valence-electron chi connectivity index (χ1n) is 6.50. The van der Waals surface area contributed by atoms with Crippen LogP contribution in [0.25, 0.3) is 0 Å². The zero-order valence-electron chi connectivity index (χ0n) is 11.3. The minimum atomic E-state index is -2.90. The molecule has 0 spiro atoms. The number of sulfone groups is 1. The van der Waals surface area contributed by atoms with Crippen LogP contribution in [0.2, 0.25) is 0 Å². The standard InChI is InChI=1S/C13H20N2O3S/c1-10(2)14-7-11-3-4-12(8-15-11)18-13-5-6-19(16,17)9-13/h3-4,8,10,13-14H,5-7,9H2,1-2H3. The maximum atomic E-state index is 11.3. The number of pyridine rings is 1. The normalized spacial score (nSPS) is 21.7. The number of ether oxygens (including phenoxy) is 1. The molecule has 1 unspecified atom stereocenters. The van der Waals surface area contributed by atoms with Crippen LogP contribution in [0.5, 0.6) is 5.75 Å². The summed E-state index contributed by atoms with van der Waals surface area (Å²) in [5.74, 6) is 0.973. The molecule has 1 atom stereocenters. The van der Waals surface area contributed by atoms with E-state index >= 15 is 0 Å². The topological polar surface area (TPSA) is 68.3 Å². The van der Waals surface area contributed by atoms with Crippen LogP contribution in [0.4, 0.5) is 0 Å². The van der Waals surface area contributed by atoms with Crippen LogP contribution in [-0.4, -0.2) is 37.1 Å². The first kappa shape index (κ1) is 14.3. The van der Waals surface area contributed by atoms with Gasteiger partial charge in [0.25, 0.3) is 0 Å². The fraction of sp³-hybridized carbons (Fsp3) is 0.615. The van der Waals surface area contributed by atoms with Gasteiger partial charge in [0, 0.05) is 12.6 Å². The largest absolute Gasteiger partial charge is 0.488 e. The van der Waals surface area contributed by atoms with Crippen LogP contribution in [0, 0.1) is 0 Å². The van der Waals surface area contributed by atoms with Gasteiger partial charge in [-0.25, -0.2) is 8.42 Å². The van der Waals surface area contributed by atoms with Crippen molar-refractivity contribution in [3.05, 3.63) is 24.0 Å². The maximum absolute atomic E-state index is 11.3. The Morgan fingerprint density at radius 1 is 1.47 bits per heavy atom. The van der Waals surface area contributed by atoms with Crippen molar-refractivity contribution in [1.29, 1.82) is 0 Å². The molecule has 0 amide bonds. The lowest BCUT2D eigenvalue weighted by molar-refractivity contribution is 0.228. The van der Waals surface area contributed by atoms with Crippen LogP contribution in [0.15, 0.2) is 18.3 Å². The Morgan fingerprint density at radius 2 is 2.26 bits per heavy atom. The van der Waals surface area contributed by atoms with Gasteiger partial charge in [0.05, 0.1) is 23.4 Å². The first-order chi connectivity index (χ1) is 8.94. The molecule has 1 aromatic rings. The highest BCUT2D eigenvalue weighted by Gasteiger charge is 2.29. The lowest BCUT2D eigenvalue weighted by Crippen LogP contribution is -2.22. The highest BCUT2D eigenvalue weighted by atomic mass is 32.2. The fourth-order valence-electron chi connectivity index (χ4n) is 1.94. The van der Waals surface area contributed by atoms with E-state index in [9.17, 15) is 8.42 Å². The zero-order chi connectivity index (χ0) is 13.9. The Kier molecular flexibility index (Phi) is 4.42. The second-order valence-corrected chi connectivity index (χ2v) is 7.39. The molecule has 0 radical (unpaired) electrons. The van der Waals surface area contributed by atoms with Gasteiger partial charge in [-0.3, -0.25) is 4.98 Å². The van der Waals surface area contributed by atoms with Crippen molar-refractivity contribution in [1.82, 2.24) is 10.3 Å². The summed E-state index contributed by atoms with van der Waals surface area (Å²) in [6.07, 6.45) is 1.99. The minimum absolute atomic E-state index is 0.115. The third kappa shape index (κ3) is 4.47. The van der Waals surface area contributed by atoms with Crippen molar-refractivity contribution >= 4 is 9.84 Å². The Bertz CT molecular complexity index is 511. The molecule has 1 saturated heterocycles. The van der Waals surface area contributed by atoms with Gasteiger partial charge >= 0.3 is 0 Å². The Balaban J connectivity index is 1.88. The number of hydrogen-bond donors (Lipinski definition) is 1. The van der Waals surface area contributed by atoms with Gasteiger partial charge in [0.1, 0.15) is 11.9 Å². The van der Waals surface area contributed by atoms with Crippen molar-refractivity contribution in [2.24, 2.45) is 0 Å². The molecule has 1 fully saturated rings. The Hall–Kier alpha value is -1.14. The quantitative estimate of drug-likeness (QED) is 0.878. The summed E-state index contributed by atoms with van der Waals surface area (Å²) in [6.45, 7) is 4.88. The molecule has 1 N–H and O–H groups in total. The number of hydrogen-bond acceptors (Lipinski definition) is 5. The molecule has 6 heteroatoms. The van der Waals surface area contributed by atoms with Gasteiger partial charge in [-0.2, -0.15) is 0 Å². The summed E-state index contributed by atoms with van der Waals surface area (Å²) in [7, 11) is -2.90. The molecule has 5 nitrogen and oxygen atoms in total. The minimum Gasteiger partial charge on any atom is -0.488 e. The van der Waals surface area contributed by atoms with Gasteiger partial charge in [-0.05, 0) is 18.6 Å². The SMILES string of the molecule is CC(C)NCc1ccc(OC2CCS(=O)(=O)C2)cn1. The van der Waals surface area contributed by atoms with Gasteiger partial charge in [0.2, 0.25) is 0 Å². The van der Waals surface area contributed by atoms with E-state index in [1.807, 2.05) is 12.1 Å². The van der Waals surface area contributed by atoms with E-state index < -0.39 is 9.84 Å². The third-order valence-electron chi connectivity index (χ3n) is 2.98. The van der Waals surface area contributed by atoms with E-state index in [0.29, 0.717) is 18.2 Å². The molecule has 19 heavy (non-hydrogen) atoms. The second kappa shape index (κ2) is 5.88. The Morgan fingerprint density at radius 3 is 2.79 bits per heavy atom. The molecule has 0 saturated carbocycles. The molecule has 1 aliphatic rings. The lowest BCUT2D eigenvalue weighted by Gasteiger charge is -2.12. The van der Waals surface area contributed by atoms with E-state index in [2.05, 4.69) is 24.1 Å². The van der Waals surface area contributed by atoms with Crippen LogP contribution in [0.1, 0.15) is 26.0 Å². The van der Waals surface area contributed by atoms with Crippen molar-refractivity contribution < 1.29 is 13.2 Å². The lowest BCUT2D eigenvalue weighted by atomic mass is 10.3. The fourth-order valence-corrected chi connectivity index (χ4v) is 3.53. The molecule has 106 valence electrons. The number of nitrogens with one attached hydrogen (secondary N) is 1. The van der Waals surface area contributed by atoms with Crippen molar-refractivity contribution in [3.8, 4) is 5.75 Å². The average molecular weight is 284 g/mol. The summed E-state index contributed by atoms with van der Waals surface area (Å²) in [5.41, 5.74) is 0.945. The van der Waals surface area contributed by atoms with Crippen LogP contribution < -0.4 is 10.1 Å². The van der Waals surface area contributed by atoms with Crippen LogP contribution in [0.3, 0.4) is 0 Å². The number of aromatic nitrogens is 1. The molecule has 0 bridgehead atoms. The zero-order valence-corrected chi connectivity index (χ0v) is 12.1. The monoisotopic (exact) mass is 284 g/mol. The average Bonchev–Trinajstić information content (AvgIpc) is 2.68. The highest BCUT2D eigenvalue weighted by molar-refractivity contribution is 7.91.